The van der Waals surface area contributed by atoms with Crippen LogP contribution in [0.4, 0.5) is 0 Å². The zero-order valence-corrected chi connectivity index (χ0v) is 9.27. The highest BCUT2D eigenvalue weighted by Crippen LogP contribution is 2.31. The van der Waals surface area contributed by atoms with Crippen LogP contribution in [-0.4, -0.2) is 18.6 Å². The summed E-state index contributed by atoms with van der Waals surface area (Å²) >= 11 is 6.02. The van der Waals surface area contributed by atoms with E-state index in [0.717, 1.165) is 17.3 Å². The molecule has 3 N–H and O–H groups in total. The second-order valence-electron chi connectivity index (χ2n) is 3.38. The molecule has 1 aromatic heterocycles. The second-order valence-corrected chi connectivity index (χ2v) is 3.79. The maximum atomic E-state index is 6.02. The summed E-state index contributed by atoms with van der Waals surface area (Å²) in [5.41, 5.74) is 7.75. The summed E-state index contributed by atoms with van der Waals surface area (Å²) in [7, 11) is 1.61. The maximum absolute atomic E-state index is 6.02. The summed E-state index contributed by atoms with van der Waals surface area (Å²) in [6, 6.07) is 3.81. The topological polar surface area (TPSA) is 51.0 Å². The van der Waals surface area contributed by atoms with E-state index in [9.17, 15) is 0 Å². The standard InChI is InChI=1S/C11H13ClN2O/c1-15-11-4-8-7(2-3-13)6-14-10(8)5-9(11)12/h4-6,14H,2-3,13H2,1H3. The number of methoxy groups -OCH3 is 1. The highest BCUT2D eigenvalue weighted by atomic mass is 35.5. The Kier molecular flexibility index (Phi) is 2.84. The molecular weight excluding hydrogens is 212 g/mol. The molecule has 0 saturated heterocycles. The van der Waals surface area contributed by atoms with Crippen molar-refractivity contribution in [2.45, 2.75) is 6.42 Å². The molecule has 0 spiro atoms. The first-order valence-electron chi connectivity index (χ1n) is 4.80. The smallest absolute Gasteiger partial charge is 0.138 e. The van der Waals surface area contributed by atoms with E-state index in [4.69, 9.17) is 22.1 Å². The predicted octanol–water partition coefficient (Wildman–Crippen LogP) is 2.33. The van der Waals surface area contributed by atoms with Crippen LogP contribution in [0.25, 0.3) is 10.9 Å². The lowest BCUT2D eigenvalue weighted by molar-refractivity contribution is 0.415. The minimum Gasteiger partial charge on any atom is -0.495 e. The van der Waals surface area contributed by atoms with Gasteiger partial charge in [0.25, 0.3) is 0 Å². The molecular formula is C11H13ClN2O. The quantitative estimate of drug-likeness (QED) is 0.841. The Hall–Kier alpha value is -1.19. The summed E-state index contributed by atoms with van der Waals surface area (Å²) in [4.78, 5) is 3.17. The van der Waals surface area contributed by atoms with Gasteiger partial charge in [0.15, 0.2) is 0 Å². The van der Waals surface area contributed by atoms with Crippen molar-refractivity contribution in [3.05, 3.63) is 28.9 Å². The molecule has 0 unspecified atom stereocenters. The van der Waals surface area contributed by atoms with Crippen molar-refractivity contribution >= 4 is 22.5 Å². The van der Waals surface area contributed by atoms with Gasteiger partial charge in [0, 0.05) is 17.1 Å². The van der Waals surface area contributed by atoms with Gasteiger partial charge in [-0.25, -0.2) is 0 Å². The monoisotopic (exact) mass is 224 g/mol. The fraction of sp³-hybridized carbons (Fsp3) is 0.273. The molecule has 0 aliphatic heterocycles. The molecule has 3 nitrogen and oxygen atoms in total. The first-order valence-corrected chi connectivity index (χ1v) is 5.17. The van der Waals surface area contributed by atoms with Crippen molar-refractivity contribution in [2.75, 3.05) is 13.7 Å². The van der Waals surface area contributed by atoms with E-state index in [1.54, 1.807) is 7.11 Å². The van der Waals surface area contributed by atoms with Crippen LogP contribution in [0.5, 0.6) is 5.75 Å². The van der Waals surface area contributed by atoms with E-state index in [2.05, 4.69) is 4.98 Å². The number of nitrogens with two attached hydrogens (primary N) is 1. The number of hydrogen-bond acceptors (Lipinski definition) is 2. The van der Waals surface area contributed by atoms with Gasteiger partial charge in [0.2, 0.25) is 0 Å². The van der Waals surface area contributed by atoms with E-state index in [1.807, 2.05) is 18.3 Å². The van der Waals surface area contributed by atoms with Gasteiger partial charge in [0.05, 0.1) is 12.1 Å². The Bertz CT molecular complexity index is 479. The third kappa shape index (κ3) is 1.80. The Balaban J connectivity index is 2.58. The Morgan fingerprint density at radius 2 is 2.27 bits per heavy atom. The fourth-order valence-electron chi connectivity index (χ4n) is 1.70. The highest BCUT2D eigenvalue weighted by molar-refractivity contribution is 6.32. The first kappa shape index (κ1) is 10.3. The minimum absolute atomic E-state index is 0.617. The predicted molar refractivity (Wildman–Crippen MR) is 62.6 cm³/mol. The van der Waals surface area contributed by atoms with Gasteiger partial charge in [-0.05, 0) is 30.7 Å². The molecule has 0 fully saturated rings. The minimum atomic E-state index is 0.617. The van der Waals surface area contributed by atoms with Gasteiger partial charge in [-0.15, -0.1) is 0 Å². The van der Waals surface area contributed by atoms with E-state index in [0.29, 0.717) is 17.3 Å². The van der Waals surface area contributed by atoms with Gasteiger partial charge in [-0.1, -0.05) is 11.6 Å². The summed E-state index contributed by atoms with van der Waals surface area (Å²) in [5, 5.41) is 1.74. The summed E-state index contributed by atoms with van der Waals surface area (Å²) in [5.74, 6) is 0.696. The maximum Gasteiger partial charge on any atom is 0.138 e. The van der Waals surface area contributed by atoms with Crippen molar-refractivity contribution in [3.8, 4) is 5.75 Å². The third-order valence-electron chi connectivity index (χ3n) is 2.45. The zero-order chi connectivity index (χ0) is 10.8. The molecule has 0 aliphatic carbocycles. The number of benzene rings is 1. The number of aromatic amines is 1. The van der Waals surface area contributed by atoms with Crippen LogP contribution in [0.15, 0.2) is 18.3 Å². The number of fused-ring (bicyclic) bond motifs is 1. The molecule has 0 atom stereocenters. The van der Waals surface area contributed by atoms with Gasteiger partial charge >= 0.3 is 0 Å². The Morgan fingerprint density at radius 1 is 1.47 bits per heavy atom. The number of rotatable bonds is 3. The van der Waals surface area contributed by atoms with Crippen molar-refractivity contribution < 1.29 is 4.74 Å². The van der Waals surface area contributed by atoms with Gasteiger partial charge in [-0.3, -0.25) is 0 Å². The van der Waals surface area contributed by atoms with E-state index in [1.165, 1.54) is 5.56 Å². The largest absolute Gasteiger partial charge is 0.495 e. The van der Waals surface area contributed by atoms with Gasteiger partial charge in [0.1, 0.15) is 5.75 Å². The van der Waals surface area contributed by atoms with Crippen LogP contribution in [0.2, 0.25) is 5.02 Å². The van der Waals surface area contributed by atoms with Crippen molar-refractivity contribution in [3.63, 3.8) is 0 Å². The van der Waals surface area contributed by atoms with Gasteiger partial charge < -0.3 is 15.5 Å². The molecule has 80 valence electrons. The van der Waals surface area contributed by atoms with Crippen molar-refractivity contribution in [2.24, 2.45) is 5.73 Å². The molecule has 1 heterocycles. The first-order chi connectivity index (χ1) is 7.26. The molecule has 0 radical (unpaired) electrons. The number of aromatic nitrogens is 1. The molecule has 0 saturated carbocycles. The Labute approximate surface area is 93.2 Å². The lowest BCUT2D eigenvalue weighted by Gasteiger charge is -2.03. The fourth-order valence-corrected chi connectivity index (χ4v) is 1.94. The zero-order valence-electron chi connectivity index (χ0n) is 8.51. The van der Waals surface area contributed by atoms with Gasteiger partial charge in [-0.2, -0.15) is 0 Å². The molecule has 0 bridgehead atoms. The van der Waals surface area contributed by atoms with Crippen LogP contribution in [0.1, 0.15) is 5.56 Å². The lowest BCUT2D eigenvalue weighted by atomic mass is 10.1. The Morgan fingerprint density at radius 3 is 2.93 bits per heavy atom. The van der Waals surface area contributed by atoms with E-state index >= 15 is 0 Å². The number of halogens is 1. The van der Waals surface area contributed by atoms with Crippen molar-refractivity contribution in [1.29, 1.82) is 0 Å². The molecule has 0 aliphatic rings. The molecule has 15 heavy (non-hydrogen) atoms. The van der Waals surface area contributed by atoms with Crippen LogP contribution in [0, 0.1) is 0 Å². The van der Waals surface area contributed by atoms with Crippen molar-refractivity contribution in [1.82, 2.24) is 4.98 Å². The molecule has 4 heteroatoms. The van der Waals surface area contributed by atoms with Crippen LogP contribution in [-0.2, 0) is 6.42 Å². The molecule has 2 rings (SSSR count). The SMILES string of the molecule is COc1cc2c(CCN)c[nH]c2cc1Cl. The number of ether oxygens (including phenoxy) is 1. The second kappa shape index (κ2) is 4.13. The van der Waals surface area contributed by atoms with Crippen LogP contribution < -0.4 is 10.5 Å². The number of H-pyrrole nitrogens is 1. The average molecular weight is 225 g/mol. The summed E-state index contributed by atoms with van der Waals surface area (Å²) < 4.78 is 5.18. The van der Waals surface area contributed by atoms with E-state index < -0.39 is 0 Å². The average Bonchev–Trinajstić information content (AvgIpc) is 2.60. The number of hydrogen-bond donors (Lipinski definition) is 2. The van der Waals surface area contributed by atoms with E-state index in [-0.39, 0.29) is 0 Å². The highest BCUT2D eigenvalue weighted by Gasteiger charge is 2.07. The number of nitrogens with one attached hydrogen (secondary N) is 1. The normalized spacial score (nSPS) is 10.9. The lowest BCUT2D eigenvalue weighted by Crippen LogP contribution is -2.01. The molecule has 0 amide bonds. The van der Waals surface area contributed by atoms with Crippen LogP contribution >= 0.6 is 11.6 Å². The molecule has 2 aromatic rings. The summed E-state index contributed by atoms with van der Waals surface area (Å²) in [6.07, 6.45) is 2.82. The third-order valence-corrected chi connectivity index (χ3v) is 2.75. The molecule has 1 aromatic carbocycles. The summed E-state index contributed by atoms with van der Waals surface area (Å²) in [6.45, 7) is 0.637. The van der Waals surface area contributed by atoms with Crippen LogP contribution in [0.3, 0.4) is 0 Å².